The molecule has 1 aromatic carbocycles. The van der Waals surface area contributed by atoms with Crippen molar-refractivity contribution in [3.05, 3.63) is 29.8 Å². The van der Waals surface area contributed by atoms with E-state index < -0.39 is 6.36 Å². The monoisotopic (exact) mass is 276 g/mol. The summed E-state index contributed by atoms with van der Waals surface area (Å²) in [6.45, 7) is 0.172. The topological polar surface area (TPSA) is 41.6 Å². The minimum absolute atomic E-state index is 0.0484. The summed E-state index contributed by atoms with van der Waals surface area (Å²) in [5.74, 6) is -0.511. The first-order chi connectivity index (χ1) is 8.83. The normalized spacial score (nSPS) is 11.2. The second-order valence-corrected chi connectivity index (χ2v) is 3.94. The molecule has 0 atom stereocenters. The summed E-state index contributed by atoms with van der Waals surface area (Å²) in [4.78, 5) is 12.9. The Morgan fingerprint density at radius 1 is 1.37 bits per heavy atom. The first kappa shape index (κ1) is 15.3. The lowest BCUT2D eigenvalue weighted by Gasteiger charge is -2.19. The number of para-hydroxylation sites is 1. The molecule has 0 saturated carbocycles. The van der Waals surface area contributed by atoms with Crippen molar-refractivity contribution < 1.29 is 22.7 Å². The van der Waals surface area contributed by atoms with Crippen molar-refractivity contribution in [3.63, 3.8) is 0 Å². The molecule has 0 heterocycles. The van der Waals surface area contributed by atoms with Gasteiger partial charge in [-0.2, -0.15) is 0 Å². The van der Waals surface area contributed by atoms with Crippen LogP contribution in [0.1, 0.15) is 5.56 Å². The maximum absolute atomic E-state index is 12.2. The van der Waals surface area contributed by atoms with Crippen molar-refractivity contribution in [2.24, 2.45) is 0 Å². The molecular weight excluding hydrogens is 261 g/mol. The van der Waals surface area contributed by atoms with Crippen LogP contribution in [-0.2, 0) is 11.3 Å². The van der Waals surface area contributed by atoms with Crippen LogP contribution in [-0.4, -0.2) is 37.8 Å². The highest BCUT2D eigenvalue weighted by Gasteiger charge is 2.32. The number of benzene rings is 1. The van der Waals surface area contributed by atoms with Gasteiger partial charge in [-0.1, -0.05) is 18.2 Å². The van der Waals surface area contributed by atoms with Gasteiger partial charge in [0.05, 0.1) is 6.54 Å². The summed E-state index contributed by atoms with van der Waals surface area (Å²) in [5, 5.41) is 2.68. The zero-order valence-electron chi connectivity index (χ0n) is 10.6. The van der Waals surface area contributed by atoms with Gasteiger partial charge in [0.2, 0.25) is 5.91 Å². The van der Waals surface area contributed by atoms with Gasteiger partial charge in [0.1, 0.15) is 5.75 Å². The van der Waals surface area contributed by atoms with Crippen LogP contribution in [0.15, 0.2) is 24.3 Å². The molecule has 0 saturated heterocycles. The van der Waals surface area contributed by atoms with Gasteiger partial charge in [-0.15, -0.1) is 13.2 Å². The van der Waals surface area contributed by atoms with Gasteiger partial charge in [-0.3, -0.25) is 4.79 Å². The lowest BCUT2D eigenvalue weighted by atomic mass is 10.2. The second kappa shape index (κ2) is 6.42. The molecule has 19 heavy (non-hydrogen) atoms. The molecule has 1 N–H and O–H groups in total. The van der Waals surface area contributed by atoms with Crippen molar-refractivity contribution in [2.75, 3.05) is 20.6 Å². The molecule has 0 aliphatic carbocycles. The molecule has 0 unspecified atom stereocenters. The van der Waals surface area contributed by atoms with E-state index in [4.69, 9.17) is 0 Å². The van der Waals surface area contributed by atoms with Crippen LogP contribution in [0.3, 0.4) is 0 Å². The van der Waals surface area contributed by atoms with Gasteiger partial charge >= 0.3 is 6.36 Å². The number of halogens is 3. The van der Waals surface area contributed by atoms with E-state index in [1.54, 1.807) is 13.1 Å². The van der Waals surface area contributed by atoms with E-state index in [-0.39, 0.29) is 24.7 Å². The van der Waals surface area contributed by atoms with Crippen LogP contribution < -0.4 is 10.1 Å². The molecule has 1 amide bonds. The molecule has 0 spiro atoms. The van der Waals surface area contributed by atoms with Gasteiger partial charge in [0, 0.05) is 19.2 Å². The average Bonchev–Trinajstić information content (AvgIpc) is 2.30. The Hall–Kier alpha value is -1.76. The molecule has 0 aliphatic heterocycles. The molecule has 0 fully saturated rings. The molecule has 0 radical (unpaired) electrons. The number of nitrogens with one attached hydrogen (secondary N) is 1. The molecular formula is C12H15F3N2O2. The fraction of sp³-hybridized carbons (Fsp3) is 0.417. The lowest BCUT2D eigenvalue weighted by molar-refractivity contribution is -0.274. The number of ether oxygens (including phenoxy) is 1. The SMILES string of the molecule is CNCC(=O)N(C)Cc1ccccc1OC(F)(F)F. The number of amides is 1. The van der Waals surface area contributed by atoms with Crippen molar-refractivity contribution in [1.82, 2.24) is 10.2 Å². The highest BCUT2D eigenvalue weighted by Crippen LogP contribution is 2.26. The number of likely N-dealkylation sites (N-methyl/N-ethyl adjacent to an activating group) is 2. The Balaban J connectivity index is 2.80. The number of alkyl halides is 3. The highest BCUT2D eigenvalue weighted by molar-refractivity contribution is 5.78. The van der Waals surface area contributed by atoms with Crippen LogP contribution in [0.5, 0.6) is 5.75 Å². The van der Waals surface area contributed by atoms with Gasteiger partial charge in [0.15, 0.2) is 0 Å². The van der Waals surface area contributed by atoms with E-state index in [1.165, 1.54) is 30.1 Å². The summed E-state index contributed by atoms with van der Waals surface area (Å²) in [7, 11) is 3.14. The molecule has 4 nitrogen and oxygen atoms in total. The van der Waals surface area contributed by atoms with Crippen molar-refractivity contribution in [2.45, 2.75) is 12.9 Å². The van der Waals surface area contributed by atoms with Crippen LogP contribution in [0.2, 0.25) is 0 Å². The third kappa shape index (κ3) is 5.17. The maximum atomic E-state index is 12.2. The van der Waals surface area contributed by atoms with Gasteiger partial charge in [-0.05, 0) is 13.1 Å². The number of nitrogens with zero attached hydrogens (tertiary/aromatic N) is 1. The number of carbonyl (C=O) groups is 1. The zero-order chi connectivity index (χ0) is 14.5. The quantitative estimate of drug-likeness (QED) is 0.891. The minimum atomic E-state index is -4.75. The second-order valence-electron chi connectivity index (χ2n) is 3.94. The Labute approximate surface area is 109 Å². The standard InChI is InChI=1S/C12H15F3N2O2/c1-16-7-11(18)17(2)8-9-5-3-4-6-10(9)19-12(13,14)15/h3-6,16H,7-8H2,1-2H3. The van der Waals surface area contributed by atoms with Gasteiger partial charge < -0.3 is 15.0 Å². The predicted molar refractivity (Wildman–Crippen MR) is 63.5 cm³/mol. The fourth-order valence-corrected chi connectivity index (χ4v) is 1.49. The van der Waals surface area contributed by atoms with E-state index in [1.807, 2.05) is 0 Å². The first-order valence-corrected chi connectivity index (χ1v) is 5.55. The van der Waals surface area contributed by atoms with Crippen LogP contribution in [0.25, 0.3) is 0 Å². The van der Waals surface area contributed by atoms with Crippen molar-refractivity contribution in [3.8, 4) is 5.75 Å². The number of rotatable bonds is 5. The molecule has 106 valence electrons. The Kier molecular flexibility index (Phi) is 5.17. The molecule has 0 aliphatic rings. The Bertz CT molecular complexity index is 435. The number of hydrogen-bond acceptors (Lipinski definition) is 3. The summed E-state index contributed by atoms with van der Waals surface area (Å²) < 4.78 is 40.6. The third-order valence-corrected chi connectivity index (χ3v) is 2.36. The summed E-state index contributed by atoms with van der Waals surface area (Å²) in [5.41, 5.74) is 0.298. The molecule has 1 aromatic rings. The van der Waals surface area contributed by atoms with E-state index >= 15 is 0 Å². The maximum Gasteiger partial charge on any atom is 0.573 e. The van der Waals surface area contributed by atoms with E-state index in [9.17, 15) is 18.0 Å². The number of hydrogen-bond donors (Lipinski definition) is 1. The van der Waals surface area contributed by atoms with E-state index in [2.05, 4.69) is 10.1 Å². The number of carbonyl (C=O) groups excluding carboxylic acids is 1. The summed E-state index contributed by atoms with van der Waals surface area (Å²) >= 11 is 0. The lowest BCUT2D eigenvalue weighted by Crippen LogP contribution is -2.33. The van der Waals surface area contributed by atoms with Crippen LogP contribution >= 0.6 is 0 Å². The zero-order valence-corrected chi connectivity index (χ0v) is 10.6. The molecule has 7 heteroatoms. The third-order valence-electron chi connectivity index (χ3n) is 2.36. The highest BCUT2D eigenvalue weighted by atomic mass is 19.4. The molecule has 1 rings (SSSR count). The fourth-order valence-electron chi connectivity index (χ4n) is 1.49. The van der Waals surface area contributed by atoms with Crippen LogP contribution in [0, 0.1) is 0 Å². The average molecular weight is 276 g/mol. The van der Waals surface area contributed by atoms with Crippen molar-refractivity contribution in [1.29, 1.82) is 0 Å². The molecule has 0 aromatic heterocycles. The van der Waals surface area contributed by atoms with Gasteiger partial charge in [0.25, 0.3) is 0 Å². The largest absolute Gasteiger partial charge is 0.573 e. The molecule has 0 bridgehead atoms. The minimum Gasteiger partial charge on any atom is -0.405 e. The van der Waals surface area contributed by atoms with E-state index in [0.717, 1.165) is 0 Å². The van der Waals surface area contributed by atoms with E-state index in [0.29, 0.717) is 5.56 Å². The Morgan fingerprint density at radius 3 is 2.58 bits per heavy atom. The summed E-state index contributed by atoms with van der Waals surface area (Å²) in [6, 6.07) is 5.75. The Morgan fingerprint density at radius 2 is 2.00 bits per heavy atom. The first-order valence-electron chi connectivity index (χ1n) is 5.55. The van der Waals surface area contributed by atoms with Gasteiger partial charge in [-0.25, -0.2) is 0 Å². The smallest absolute Gasteiger partial charge is 0.405 e. The predicted octanol–water partition coefficient (Wildman–Crippen LogP) is 1.76. The summed E-state index contributed by atoms with van der Waals surface area (Å²) in [6.07, 6.45) is -4.75. The van der Waals surface area contributed by atoms with Crippen molar-refractivity contribution >= 4 is 5.91 Å². The van der Waals surface area contributed by atoms with Crippen LogP contribution in [0.4, 0.5) is 13.2 Å².